The average molecular weight is 625 g/mol. The zero-order valence-electron chi connectivity index (χ0n) is 31.3. The molecule has 0 saturated carbocycles. The van der Waals surface area contributed by atoms with Gasteiger partial charge in [-0.1, -0.05) is 95.2 Å². The van der Waals surface area contributed by atoms with Crippen molar-refractivity contribution < 1.29 is 0 Å². The van der Waals surface area contributed by atoms with Crippen LogP contribution >= 0.6 is 0 Å². The van der Waals surface area contributed by atoms with Gasteiger partial charge in [-0.25, -0.2) is 0 Å². The molecule has 0 spiro atoms. The summed E-state index contributed by atoms with van der Waals surface area (Å²) in [5.74, 6) is 0. The van der Waals surface area contributed by atoms with Crippen molar-refractivity contribution in [3.8, 4) is 0 Å². The Bertz CT molecular complexity index is 1170. The average Bonchev–Trinajstić information content (AvgIpc) is 2.96. The molecule has 4 aromatic heterocycles. The Morgan fingerprint density at radius 1 is 0.413 bits per heavy atom. The number of aryl methyl sites for hydroxylation is 2. The number of pyridine rings is 4. The van der Waals surface area contributed by atoms with Gasteiger partial charge in [-0.15, -0.1) is 0 Å². The molecule has 46 heavy (non-hydrogen) atoms. The molecular formula is C42H64N4. The molecule has 252 valence electrons. The minimum atomic E-state index is 0.364. The number of hydrogen-bond donors (Lipinski definition) is 0. The molecule has 0 aliphatic rings. The van der Waals surface area contributed by atoms with E-state index in [-0.39, 0.29) is 0 Å². The highest BCUT2D eigenvalue weighted by Gasteiger charge is 2.12. The fourth-order valence-electron chi connectivity index (χ4n) is 4.35. The van der Waals surface area contributed by atoms with E-state index in [1.807, 2.05) is 61.6 Å². The van der Waals surface area contributed by atoms with E-state index >= 15 is 0 Å². The van der Waals surface area contributed by atoms with Crippen LogP contribution in [0.15, 0.2) is 98.0 Å². The maximum atomic E-state index is 4.28. The molecule has 0 aliphatic carbocycles. The van der Waals surface area contributed by atoms with Crippen LogP contribution in [0.5, 0.6) is 0 Å². The summed E-state index contributed by atoms with van der Waals surface area (Å²) in [5, 5.41) is 0. The summed E-state index contributed by atoms with van der Waals surface area (Å²) in [7, 11) is 0. The summed E-state index contributed by atoms with van der Waals surface area (Å²) in [4.78, 5) is 16.3. The predicted molar refractivity (Wildman–Crippen MR) is 199 cm³/mol. The number of aromatic nitrogens is 4. The third-order valence-corrected chi connectivity index (χ3v) is 6.71. The van der Waals surface area contributed by atoms with Crippen LogP contribution in [0.1, 0.15) is 118 Å². The van der Waals surface area contributed by atoms with E-state index in [2.05, 4.69) is 139 Å². The normalized spacial score (nSPS) is 11.6. The first-order chi connectivity index (χ1) is 21.3. The molecule has 0 aromatic carbocycles. The highest BCUT2D eigenvalue weighted by Crippen LogP contribution is 2.22. The van der Waals surface area contributed by atoms with Gasteiger partial charge in [-0.3, -0.25) is 19.9 Å². The molecule has 0 radical (unpaired) electrons. The van der Waals surface area contributed by atoms with Gasteiger partial charge in [0.25, 0.3) is 0 Å². The first-order valence-corrected chi connectivity index (χ1v) is 16.9. The molecule has 0 N–H and O–H groups in total. The zero-order valence-corrected chi connectivity index (χ0v) is 31.3. The topological polar surface area (TPSA) is 51.6 Å². The van der Waals surface area contributed by atoms with Crippen molar-refractivity contribution in [3.05, 3.63) is 120 Å². The molecule has 0 fully saturated rings. The Balaban J connectivity index is 0.000000307. The second-order valence-corrected chi connectivity index (χ2v) is 17.0. The third-order valence-electron chi connectivity index (χ3n) is 6.71. The van der Waals surface area contributed by atoms with E-state index < -0.39 is 0 Å². The van der Waals surface area contributed by atoms with Crippen LogP contribution in [0.3, 0.4) is 0 Å². The lowest BCUT2D eigenvalue weighted by molar-refractivity contribution is 0.376. The zero-order chi connectivity index (χ0) is 34.7. The van der Waals surface area contributed by atoms with Gasteiger partial charge < -0.3 is 0 Å². The molecule has 4 heterocycles. The lowest BCUT2D eigenvalue weighted by Crippen LogP contribution is -2.08. The maximum absolute atomic E-state index is 4.28. The SMILES string of the molecule is CC(C)(C)CCc1ccccn1.CC(C)(C)CCc1ccncc1.CC(C)(C)Cc1cccnc1.CC(C)(C)Cc1ccncc1. The summed E-state index contributed by atoms with van der Waals surface area (Å²) in [5.41, 5.74) is 6.87. The summed E-state index contributed by atoms with van der Waals surface area (Å²) in [6.07, 6.45) is 19.9. The second-order valence-electron chi connectivity index (χ2n) is 17.0. The minimum absolute atomic E-state index is 0.364. The molecule has 0 unspecified atom stereocenters. The summed E-state index contributed by atoms with van der Waals surface area (Å²) in [6, 6.07) is 18.5. The van der Waals surface area contributed by atoms with Crippen molar-refractivity contribution in [3.63, 3.8) is 0 Å². The van der Waals surface area contributed by atoms with Crippen molar-refractivity contribution in [1.29, 1.82) is 0 Å². The van der Waals surface area contributed by atoms with Crippen molar-refractivity contribution in [2.45, 2.75) is 122 Å². The van der Waals surface area contributed by atoms with E-state index in [9.17, 15) is 0 Å². The van der Waals surface area contributed by atoms with Crippen LogP contribution < -0.4 is 0 Å². The molecular weight excluding hydrogens is 560 g/mol. The van der Waals surface area contributed by atoms with Crippen molar-refractivity contribution in [2.75, 3.05) is 0 Å². The maximum Gasteiger partial charge on any atom is 0.0403 e. The molecule has 4 heteroatoms. The van der Waals surface area contributed by atoms with Gasteiger partial charge in [0.15, 0.2) is 0 Å². The Morgan fingerprint density at radius 2 is 0.913 bits per heavy atom. The molecule has 0 atom stereocenters. The van der Waals surface area contributed by atoms with E-state index in [0.717, 1.165) is 25.7 Å². The quantitative estimate of drug-likeness (QED) is 0.214. The number of rotatable bonds is 6. The van der Waals surface area contributed by atoms with Crippen LogP contribution in [0.4, 0.5) is 0 Å². The summed E-state index contributed by atoms with van der Waals surface area (Å²) in [6.45, 7) is 27.0. The predicted octanol–water partition coefficient (Wildman–Crippen LogP) is 11.5. The van der Waals surface area contributed by atoms with Crippen LogP contribution in [-0.2, 0) is 25.7 Å². The highest BCUT2D eigenvalue weighted by molar-refractivity contribution is 5.12. The lowest BCUT2D eigenvalue weighted by atomic mass is 9.89. The molecule has 0 aliphatic heterocycles. The highest BCUT2D eigenvalue weighted by atomic mass is 14.7. The van der Waals surface area contributed by atoms with Gasteiger partial charge in [0.1, 0.15) is 0 Å². The van der Waals surface area contributed by atoms with E-state index in [4.69, 9.17) is 0 Å². The standard InChI is InChI=1S/2C11H17N.2C10H15N/c1-11(2,3)7-4-10-5-8-12-9-6-10;1-11(2,3)8-7-10-6-4-5-9-12-10;1-10(2,3)8-9-4-6-11-7-5-9;1-10(2,3)7-9-5-4-6-11-8-9/h5-6,8-9H,4,7H2,1-3H3;4-6,9H,7-8H2,1-3H3;4-7H,8H2,1-3H3;4-6,8H,7H2,1-3H3. The van der Waals surface area contributed by atoms with Gasteiger partial charge in [0, 0.05) is 49.1 Å². The molecule has 0 saturated heterocycles. The van der Waals surface area contributed by atoms with Crippen LogP contribution in [0.25, 0.3) is 0 Å². The van der Waals surface area contributed by atoms with Gasteiger partial charge in [-0.2, -0.15) is 0 Å². The van der Waals surface area contributed by atoms with E-state index in [0.29, 0.717) is 21.7 Å². The van der Waals surface area contributed by atoms with Crippen molar-refractivity contribution in [2.24, 2.45) is 21.7 Å². The van der Waals surface area contributed by atoms with Crippen LogP contribution in [-0.4, -0.2) is 19.9 Å². The summed E-state index contributed by atoms with van der Waals surface area (Å²) < 4.78 is 0. The second kappa shape index (κ2) is 20.0. The Hall–Kier alpha value is -3.40. The summed E-state index contributed by atoms with van der Waals surface area (Å²) >= 11 is 0. The van der Waals surface area contributed by atoms with Crippen LogP contribution in [0.2, 0.25) is 0 Å². The Labute approximate surface area is 283 Å². The minimum Gasteiger partial charge on any atom is -0.265 e. The molecule has 4 aromatic rings. The number of hydrogen-bond acceptors (Lipinski definition) is 4. The first-order valence-electron chi connectivity index (χ1n) is 16.9. The Morgan fingerprint density at radius 3 is 1.35 bits per heavy atom. The lowest BCUT2D eigenvalue weighted by Gasteiger charge is -2.17. The molecule has 0 bridgehead atoms. The number of nitrogens with zero attached hydrogens (tertiary/aromatic N) is 4. The third kappa shape index (κ3) is 24.9. The smallest absolute Gasteiger partial charge is 0.0403 e. The fourth-order valence-corrected chi connectivity index (χ4v) is 4.35. The first kappa shape index (κ1) is 40.6. The molecule has 4 nitrogen and oxygen atoms in total. The van der Waals surface area contributed by atoms with E-state index in [1.54, 1.807) is 0 Å². The van der Waals surface area contributed by atoms with Gasteiger partial charge >= 0.3 is 0 Å². The molecule has 4 rings (SSSR count). The van der Waals surface area contributed by atoms with Crippen molar-refractivity contribution >= 4 is 0 Å². The van der Waals surface area contributed by atoms with Gasteiger partial charge in [0.2, 0.25) is 0 Å². The fraction of sp³-hybridized carbons (Fsp3) is 0.524. The molecule has 0 amide bonds. The van der Waals surface area contributed by atoms with Gasteiger partial charge in [0.05, 0.1) is 0 Å². The van der Waals surface area contributed by atoms with Crippen LogP contribution in [0, 0.1) is 21.7 Å². The largest absolute Gasteiger partial charge is 0.265 e. The van der Waals surface area contributed by atoms with Gasteiger partial charge in [-0.05, 0) is 119 Å². The van der Waals surface area contributed by atoms with Crippen molar-refractivity contribution in [1.82, 2.24) is 19.9 Å². The Kier molecular flexibility index (Phi) is 17.6. The monoisotopic (exact) mass is 625 g/mol. The van der Waals surface area contributed by atoms with E-state index in [1.165, 1.54) is 35.2 Å².